The van der Waals surface area contributed by atoms with Crippen LogP contribution in [0.4, 0.5) is 0 Å². The Morgan fingerprint density at radius 3 is 2.28 bits per heavy atom. The van der Waals surface area contributed by atoms with Crippen LogP contribution >= 0.6 is 0 Å². The van der Waals surface area contributed by atoms with Gasteiger partial charge in [0, 0.05) is 63.7 Å². The lowest BCUT2D eigenvalue weighted by Crippen LogP contribution is -2.45. The fourth-order valence-corrected chi connectivity index (χ4v) is 6.71. The highest BCUT2D eigenvalue weighted by molar-refractivity contribution is 6.00. The van der Waals surface area contributed by atoms with Gasteiger partial charge in [-0.2, -0.15) is 0 Å². The van der Waals surface area contributed by atoms with Gasteiger partial charge in [0.2, 0.25) is 17.7 Å². The number of methoxy groups -OCH3 is 2. The summed E-state index contributed by atoms with van der Waals surface area (Å²) < 4.78 is 14.7. The van der Waals surface area contributed by atoms with Gasteiger partial charge in [0.25, 0.3) is 0 Å². The van der Waals surface area contributed by atoms with Crippen LogP contribution in [0.15, 0.2) is 41.3 Å². The minimum absolute atomic E-state index is 0.0644. The SMILES string of the molecule is COc1cc(C2=CN(C)C(=O)C(C)C2C)cc(OC)c1CN1CC(C#Cc2ccc3c(c2)n(C)c(=O)n3C2CCC(=O)NC2=O)C1. The molecule has 0 spiro atoms. The van der Waals surface area contributed by atoms with Crippen LogP contribution in [0.1, 0.15) is 49.4 Å². The Morgan fingerprint density at radius 2 is 1.63 bits per heavy atom. The number of hydrogen-bond acceptors (Lipinski definition) is 7. The number of aryl methyl sites for hydroxylation is 1. The number of benzene rings is 2. The van der Waals surface area contributed by atoms with E-state index < -0.39 is 11.9 Å². The maximum atomic E-state index is 13.1. The fraction of sp³-hybridized carbons (Fsp3) is 0.429. The van der Waals surface area contributed by atoms with Crippen LogP contribution in [0.3, 0.4) is 0 Å². The van der Waals surface area contributed by atoms with Gasteiger partial charge < -0.3 is 14.4 Å². The molecule has 3 atom stereocenters. The average molecular weight is 626 g/mol. The summed E-state index contributed by atoms with van der Waals surface area (Å²) in [5.41, 5.74) is 4.83. The number of hydrogen-bond donors (Lipinski definition) is 1. The molecule has 2 fully saturated rings. The van der Waals surface area contributed by atoms with Crippen molar-refractivity contribution >= 4 is 34.3 Å². The molecule has 11 nitrogen and oxygen atoms in total. The topological polar surface area (TPSA) is 115 Å². The molecule has 0 saturated carbocycles. The molecular weight excluding hydrogens is 586 g/mol. The van der Waals surface area contributed by atoms with Crippen LogP contribution in [0.5, 0.6) is 11.5 Å². The number of carbonyl (C=O) groups excluding carboxylic acids is 3. The lowest BCUT2D eigenvalue weighted by Gasteiger charge is -2.37. The van der Waals surface area contributed by atoms with Gasteiger partial charge in [-0.3, -0.25) is 33.7 Å². The highest BCUT2D eigenvalue weighted by atomic mass is 16.5. The molecule has 2 saturated heterocycles. The van der Waals surface area contributed by atoms with Gasteiger partial charge in [-0.15, -0.1) is 0 Å². The second-order valence-corrected chi connectivity index (χ2v) is 12.5. The van der Waals surface area contributed by atoms with Crippen LogP contribution in [-0.4, -0.2) is 71.0 Å². The predicted octanol–water partition coefficient (Wildman–Crippen LogP) is 2.90. The van der Waals surface area contributed by atoms with Crippen LogP contribution in [-0.2, 0) is 28.0 Å². The van der Waals surface area contributed by atoms with Crippen molar-refractivity contribution in [3.63, 3.8) is 0 Å². The van der Waals surface area contributed by atoms with Crippen LogP contribution in [0.2, 0.25) is 0 Å². The van der Waals surface area contributed by atoms with Gasteiger partial charge in [0.15, 0.2) is 0 Å². The zero-order valence-corrected chi connectivity index (χ0v) is 27.0. The summed E-state index contributed by atoms with van der Waals surface area (Å²) in [5.74, 6) is 7.60. The predicted molar refractivity (Wildman–Crippen MR) is 173 cm³/mol. The summed E-state index contributed by atoms with van der Waals surface area (Å²) in [6, 6.07) is 8.90. The molecule has 1 aromatic heterocycles. The lowest BCUT2D eigenvalue weighted by atomic mass is 9.81. The third-order valence-corrected chi connectivity index (χ3v) is 9.62. The number of imide groups is 1. The standard InChI is InChI=1S/C35H39N5O6/c1-20-21(2)34(43)37(3)18-25(20)24-14-30(45-5)26(31(15-24)46-6)19-39-16-23(17-39)8-7-22-9-10-27-29(13-22)38(4)35(44)40(27)28-11-12-32(41)36-33(28)42/h9-10,13-15,18,20-21,23,28H,11-12,16-17,19H2,1-6H3,(H,36,41,42). The second kappa shape index (κ2) is 12.2. The van der Waals surface area contributed by atoms with Gasteiger partial charge in [0.1, 0.15) is 17.5 Å². The van der Waals surface area contributed by atoms with E-state index in [2.05, 4.69) is 29.0 Å². The average Bonchev–Trinajstić information content (AvgIpc) is 3.27. The number of aromatic nitrogens is 2. The molecular formula is C35H39N5O6. The minimum atomic E-state index is -0.718. The number of amides is 3. The Bertz CT molecular complexity index is 1880. The molecule has 2 aromatic carbocycles. The van der Waals surface area contributed by atoms with E-state index in [1.165, 1.54) is 9.13 Å². The fourth-order valence-electron chi connectivity index (χ4n) is 6.71. The number of likely N-dealkylation sites (tertiary alicyclic amines) is 1. The first kappa shape index (κ1) is 31.2. The number of nitrogens with zero attached hydrogens (tertiary/aromatic N) is 4. The third-order valence-electron chi connectivity index (χ3n) is 9.62. The summed E-state index contributed by atoms with van der Waals surface area (Å²) in [5, 5.41) is 2.34. The zero-order valence-electron chi connectivity index (χ0n) is 27.0. The summed E-state index contributed by atoms with van der Waals surface area (Å²) in [6.07, 6.45) is 2.40. The van der Waals surface area contributed by atoms with Gasteiger partial charge in [0.05, 0.1) is 30.8 Å². The number of fused-ring (bicyclic) bond motifs is 1. The first-order valence-electron chi connectivity index (χ1n) is 15.5. The minimum Gasteiger partial charge on any atom is -0.496 e. The molecule has 46 heavy (non-hydrogen) atoms. The number of ether oxygens (including phenoxy) is 2. The van der Waals surface area contributed by atoms with Crippen LogP contribution in [0, 0.1) is 29.6 Å². The smallest absolute Gasteiger partial charge is 0.329 e. The number of piperidine rings is 1. The van der Waals surface area contributed by atoms with Crippen molar-refractivity contribution < 1.29 is 23.9 Å². The van der Waals surface area contributed by atoms with Crippen LogP contribution in [0.25, 0.3) is 16.6 Å². The third kappa shape index (κ3) is 5.47. The Balaban J connectivity index is 1.16. The van der Waals surface area contributed by atoms with Crippen molar-refractivity contribution in [1.29, 1.82) is 0 Å². The maximum absolute atomic E-state index is 13.1. The highest BCUT2D eigenvalue weighted by Crippen LogP contribution is 2.40. The molecule has 3 aliphatic heterocycles. The van der Waals surface area contributed by atoms with E-state index in [1.807, 2.05) is 43.5 Å². The molecule has 3 unspecified atom stereocenters. The molecule has 240 valence electrons. The number of rotatable bonds is 6. The molecule has 3 aromatic rings. The second-order valence-electron chi connectivity index (χ2n) is 12.5. The van der Waals surface area contributed by atoms with Gasteiger partial charge in [-0.25, -0.2) is 4.79 Å². The van der Waals surface area contributed by atoms with Crippen molar-refractivity contribution in [3.05, 3.63) is 63.7 Å². The normalized spacial score (nSPS) is 22.2. The van der Waals surface area contributed by atoms with E-state index in [-0.39, 0.29) is 41.7 Å². The Labute approximate surface area is 267 Å². The molecule has 0 radical (unpaired) electrons. The van der Waals surface area contributed by atoms with Gasteiger partial charge >= 0.3 is 5.69 Å². The number of carbonyl (C=O) groups is 3. The summed E-state index contributed by atoms with van der Waals surface area (Å²) in [7, 11) is 6.79. The van der Waals surface area contributed by atoms with Crippen molar-refractivity contribution in [1.82, 2.24) is 24.3 Å². The lowest BCUT2D eigenvalue weighted by molar-refractivity contribution is -0.136. The first-order valence-corrected chi connectivity index (χ1v) is 15.5. The molecule has 3 amide bonds. The van der Waals surface area contributed by atoms with Crippen molar-refractivity contribution in [2.45, 2.75) is 39.3 Å². The van der Waals surface area contributed by atoms with Crippen molar-refractivity contribution in [2.75, 3.05) is 34.4 Å². The quantitative estimate of drug-likeness (QED) is 0.331. The number of imidazole rings is 1. The summed E-state index contributed by atoms with van der Waals surface area (Å²) in [4.78, 5) is 53.6. The largest absolute Gasteiger partial charge is 0.496 e. The molecule has 0 bridgehead atoms. The molecule has 4 heterocycles. The van der Waals surface area contributed by atoms with Gasteiger partial charge in [-0.05, 0) is 53.8 Å². The highest BCUT2D eigenvalue weighted by Gasteiger charge is 2.33. The Morgan fingerprint density at radius 1 is 0.935 bits per heavy atom. The number of nitrogens with one attached hydrogen (secondary N) is 1. The van der Waals surface area contributed by atoms with Crippen molar-refractivity contribution in [2.24, 2.45) is 24.8 Å². The van der Waals surface area contributed by atoms with E-state index >= 15 is 0 Å². The molecule has 6 rings (SSSR count). The first-order chi connectivity index (χ1) is 22.0. The van der Waals surface area contributed by atoms with Crippen LogP contribution < -0.4 is 20.5 Å². The molecule has 0 aliphatic carbocycles. The number of allylic oxidation sites excluding steroid dienone is 1. The molecule has 1 N–H and O–H groups in total. The van der Waals surface area contributed by atoms with Gasteiger partial charge in [-0.1, -0.05) is 25.7 Å². The Hall–Kier alpha value is -4.82. The van der Waals surface area contributed by atoms with E-state index in [1.54, 1.807) is 33.2 Å². The Kier molecular flexibility index (Phi) is 8.25. The molecule has 3 aliphatic rings. The van der Waals surface area contributed by atoms with E-state index in [0.717, 1.165) is 46.9 Å². The van der Waals surface area contributed by atoms with E-state index in [4.69, 9.17) is 9.47 Å². The maximum Gasteiger partial charge on any atom is 0.329 e. The molecule has 11 heteroatoms. The monoisotopic (exact) mass is 625 g/mol. The van der Waals surface area contributed by atoms with E-state index in [9.17, 15) is 19.2 Å². The van der Waals surface area contributed by atoms with E-state index in [0.29, 0.717) is 24.0 Å². The summed E-state index contributed by atoms with van der Waals surface area (Å²) >= 11 is 0. The summed E-state index contributed by atoms with van der Waals surface area (Å²) in [6.45, 7) is 6.27. The van der Waals surface area contributed by atoms with Crippen molar-refractivity contribution in [3.8, 4) is 23.3 Å². The zero-order chi connectivity index (χ0) is 32.9.